The van der Waals surface area contributed by atoms with Crippen molar-refractivity contribution in [3.8, 4) is 0 Å². The second kappa shape index (κ2) is 10.1. The van der Waals surface area contributed by atoms with Crippen molar-refractivity contribution in [2.24, 2.45) is 17.8 Å². The summed E-state index contributed by atoms with van der Waals surface area (Å²) in [5.41, 5.74) is 0. The highest BCUT2D eigenvalue weighted by atomic mass is 35.6. The van der Waals surface area contributed by atoms with Crippen molar-refractivity contribution in [1.29, 1.82) is 0 Å². The number of nitrogens with zero attached hydrogens (tertiary/aromatic N) is 1. The van der Waals surface area contributed by atoms with E-state index in [-0.39, 0.29) is 24.7 Å². The molecule has 0 aromatic rings. The summed E-state index contributed by atoms with van der Waals surface area (Å²) in [6, 6.07) is -1.19. The third-order valence-corrected chi connectivity index (χ3v) is 6.50. The third-order valence-electron chi connectivity index (χ3n) is 4.70. The molecule has 8 nitrogen and oxygen atoms in total. The second-order valence-electron chi connectivity index (χ2n) is 7.47. The molecule has 28 heavy (non-hydrogen) atoms. The number of halogens is 3. The van der Waals surface area contributed by atoms with Crippen LogP contribution >= 0.6 is 34.8 Å². The number of carboxylic acid groups (broad SMARTS) is 1. The molecule has 164 valence electrons. The number of rotatable bonds is 12. The highest BCUT2D eigenvalue weighted by Crippen LogP contribution is 2.43. The van der Waals surface area contributed by atoms with Gasteiger partial charge in [-0.25, -0.2) is 0 Å². The molecule has 0 bridgehead atoms. The molecule has 1 saturated heterocycles. The Morgan fingerprint density at radius 3 is 2.07 bits per heavy atom. The lowest BCUT2D eigenvalue weighted by atomic mass is 9.89. The van der Waals surface area contributed by atoms with Gasteiger partial charge in [-0.1, -0.05) is 62.5 Å². The van der Waals surface area contributed by atoms with Crippen LogP contribution in [-0.2, 0) is 28.8 Å². The lowest BCUT2D eigenvalue weighted by Gasteiger charge is -2.19. The number of ether oxygens (including phenoxy) is 1. The molecule has 1 fully saturated rings. The van der Waals surface area contributed by atoms with Crippen LogP contribution in [0.25, 0.3) is 0 Å². The summed E-state index contributed by atoms with van der Waals surface area (Å²) < 4.78 is 34.1. The molecule has 1 N–H and O–H groups in total. The van der Waals surface area contributed by atoms with Gasteiger partial charge in [-0.15, -0.1) is 0 Å². The Bertz CT molecular complexity index is 651. The van der Waals surface area contributed by atoms with Gasteiger partial charge >= 0.3 is 16.3 Å². The predicted molar refractivity (Wildman–Crippen MR) is 106 cm³/mol. The summed E-state index contributed by atoms with van der Waals surface area (Å²) in [7, 11) is -4.26. The molecule has 0 aromatic heterocycles. The number of hydrogen-bond acceptors (Lipinski definition) is 6. The standard InChI is InChI=1S/C16H26Cl3NO7S/c1-9(2)11(15(22)23)5-12-13(6-14(10(3)4)26-8-21)20(12)28(24,25)27-7-16(17,18)19/h8-14H,5-7H2,1-4H3,(H,22,23)/t11-,12?,13-,14-,20?/m0/s1. The molecular formula is C16H26Cl3NO7S. The van der Waals surface area contributed by atoms with Crippen molar-refractivity contribution in [2.45, 2.75) is 62.5 Å². The lowest BCUT2D eigenvalue weighted by molar-refractivity contribution is -0.143. The molecular weight excluding hydrogens is 457 g/mol. The van der Waals surface area contributed by atoms with Gasteiger partial charge in [0.15, 0.2) is 0 Å². The van der Waals surface area contributed by atoms with Crippen LogP contribution in [0.2, 0.25) is 0 Å². The maximum Gasteiger partial charge on any atom is 0.339 e. The average Bonchev–Trinajstić information content (AvgIpc) is 3.22. The van der Waals surface area contributed by atoms with Crippen molar-refractivity contribution in [2.75, 3.05) is 6.61 Å². The minimum atomic E-state index is -4.26. The number of hydrogen-bond donors (Lipinski definition) is 1. The van der Waals surface area contributed by atoms with Crippen molar-refractivity contribution in [3.05, 3.63) is 0 Å². The van der Waals surface area contributed by atoms with Gasteiger partial charge in [0.25, 0.3) is 6.47 Å². The summed E-state index contributed by atoms with van der Waals surface area (Å²) in [5.74, 6) is -2.01. The highest BCUT2D eigenvalue weighted by molar-refractivity contribution is 7.84. The van der Waals surface area contributed by atoms with Gasteiger partial charge < -0.3 is 9.84 Å². The first kappa shape index (κ1) is 25.7. The lowest BCUT2D eigenvalue weighted by Crippen LogP contribution is -2.27. The summed E-state index contributed by atoms with van der Waals surface area (Å²) in [6.45, 7) is 6.80. The van der Waals surface area contributed by atoms with E-state index in [1.165, 1.54) is 0 Å². The van der Waals surface area contributed by atoms with Crippen LogP contribution in [0.3, 0.4) is 0 Å². The van der Waals surface area contributed by atoms with Gasteiger partial charge in [0, 0.05) is 18.5 Å². The van der Waals surface area contributed by atoms with Crippen LogP contribution in [0, 0.1) is 17.8 Å². The molecule has 1 aliphatic heterocycles. The van der Waals surface area contributed by atoms with E-state index in [0.29, 0.717) is 6.47 Å². The highest BCUT2D eigenvalue weighted by Gasteiger charge is 2.58. The van der Waals surface area contributed by atoms with E-state index in [2.05, 4.69) is 0 Å². The number of alkyl halides is 3. The Labute approximate surface area is 180 Å². The van der Waals surface area contributed by atoms with Crippen LogP contribution in [-0.4, -0.2) is 58.9 Å². The molecule has 0 amide bonds. The molecule has 0 aliphatic carbocycles. The fourth-order valence-electron chi connectivity index (χ4n) is 3.08. The molecule has 0 spiro atoms. The maximum absolute atomic E-state index is 12.6. The minimum absolute atomic E-state index is 0.0570. The van der Waals surface area contributed by atoms with E-state index in [0.717, 1.165) is 4.31 Å². The first-order valence-corrected chi connectivity index (χ1v) is 11.3. The number of aliphatic carboxylic acids is 1. The summed E-state index contributed by atoms with van der Waals surface area (Å²) >= 11 is 16.7. The van der Waals surface area contributed by atoms with Gasteiger partial charge in [0.1, 0.15) is 12.7 Å². The SMILES string of the molecule is CC(C)[C@H](C[C@H]1C(C[C@H](C(=O)O)C(C)C)N1S(=O)(=O)OCC(Cl)(Cl)Cl)OC=O. The van der Waals surface area contributed by atoms with E-state index < -0.39 is 50.8 Å². The van der Waals surface area contributed by atoms with Gasteiger partial charge in [-0.05, 0) is 18.3 Å². The van der Waals surface area contributed by atoms with Crippen molar-refractivity contribution >= 4 is 57.5 Å². The largest absolute Gasteiger partial charge is 0.481 e. The average molecular weight is 483 g/mol. The Morgan fingerprint density at radius 1 is 1.14 bits per heavy atom. The van der Waals surface area contributed by atoms with Crippen LogP contribution in [0.4, 0.5) is 0 Å². The van der Waals surface area contributed by atoms with E-state index in [9.17, 15) is 23.1 Å². The van der Waals surface area contributed by atoms with Gasteiger partial charge in [-0.2, -0.15) is 12.7 Å². The van der Waals surface area contributed by atoms with E-state index in [1.54, 1.807) is 13.8 Å². The van der Waals surface area contributed by atoms with Crippen molar-refractivity contribution in [1.82, 2.24) is 4.31 Å². The Hall–Kier alpha value is -0.320. The zero-order valence-electron chi connectivity index (χ0n) is 16.0. The fourth-order valence-corrected chi connectivity index (χ4v) is 4.94. The van der Waals surface area contributed by atoms with Crippen molar-refractivity contribution in [3.63, 3.8) is 0 Å². The summed E-state index contributed by atoms with van der Waals surface area (Å²) in [6.07, 6.45) is -0.220. The molecule has 0 aromatic carbocycles. The number of carbonyl (C=O) groups is 2. The van der Waals surface area contributed by atoms with E-state index >= 15 is 0 Å². The molecule has 5 atom stereocenters. The minimum Gasteiger partial charge on any atom is -0.481 e. The van der Waals surface area contributed by atoms with E-state index in [1.807, 2.05) is 13.8 Å². The topological polar surface area (TPSA) is 110 Å². The maximum atomic E-state index is 12.6. The van der Waals surface area contributed by atoms with Gasteiger partial charge in [0.05, 0.1) is 5.92 Å². The van der Waals surface area contributed by atoms with Crippen LogP contribution < -0.4 is 0 Å². The van der Waals surface area contributed by atoms with Gasteiger partial charge in [0.2, 0.25) is 3.79 Å². The predicted octanol–water partition coefficient (Wildman–Crippen LogP) is 3.01. The van der Waals surface area contributed by atoms with Crippen LogP contribution in [0.1, 0.15) is 40.5 Å². The molecule has 0 radical (unpaired) electrons. The van der Waals surface area contributed by atoms with Crippen LogP contribution in [0.15, 0.2) is 0 Å². The zero-order valence-corrected chi connectivity index (χ0v) is 19.1. The first-order chi connectivity index (χ1) is 12.7. The monoisotopic (exact) mass is 481 g/mol. The molecule has 1 heterocycles. The van der Waals surface area contributed by atoms with Crippen LogP contribution in [0.5, 0.6) is 0 Å². The molecule has 2 unspecified atom stereocenters. The van der Waals surface area contributed by atoms with E-state index in [4.69, 9.17) is 43.7 Å². The first-order valence-electron chi connectivity index (χ1n) is 8.77. The van der Waals surface area contributed by atoms with Gasteiger partial charge in [-0.3, -0.25) is 13.8 Å². The Balaban J connectivity index is 3.03. The number of carboxylic acids is 1. The smallest absolute Gasteiger partial charge is 0.339 e. The molecule has 0 saturated carbocycles. The van der Waals surface area contributed by atoms with Crippen molar-refractivity contribution < 1.29 is 32.0 Å². The fraction of sp³-hybridized carbons (Fsp3) is 0.875. The molecule has 1 aliphatic rings. The summed E-state index contributed by atoms with van der Waals surface area (Å²) in [5, 5.41) is 9.44. The molecule has 1 rings (SSSR count). The third kappa shape index (κ3) is 7.50. The number of carbonyl (C=O) groups excluding carboxylic acids is 1. The quantitative estimate of drug-likeness (QED) is 0.259. The molecule has 12 heteroatoms. The zero-order chi connectivity index (χ0) is 21.9. The second-order valence-corrected chi connectivity index (χ2v) is 11.5. The Morgan fingerprint density at radius 2 is 1.68 bits per heavy atom. The summed E-state index contributed by atoms with van der Waals surface area (Å²) in [4.78, 5) is 22.3. The Kier molecular flexibility index (Phi) is 9.30. The normalized spacial score (nSPS) is 24.8.